The maximum atomic E-state index is 13.5. The standard InChI is InChI=1S/C25H29Cl3N2O/c1-3-5-16-13-18(26)9-10-20(16)25(11-12-25)24(31)30-23(22(29)6-4-2)14-17-7-8-19(27)15-21(17)28/h6-10,13,15,23H,3-5,11-12,14,29H2,1-2H3,(H,30,31)/b22-6-/t23-/m0/s1. The summed E-state index contributed by atoms with van der Waals surface area (Å²) in [6.07, 6.45) is 6.77. The van der Waals surface area contributed by atoms with E-state index in [-0.39, 0.29) is 11.9 Å². The average molecular weight is 480 g/mol. The molecule has 166 valence electrons. The molecule has 3 rings (SSSR count). The van der Waals surface area contributed by atoms with Gasteiger partial charge in [0.05, 0.1) is 11.5 Å². The van der Waals surface area contributed by atoms with Gasteiger partial charge in [-0.25, -0.2) is 0 Å². The number of allylic oxidation sites excluding steroid dienone is 1. The number of hydrogen-bond acceptors (Lipinski definition) is 2. The third-order valence-electron chi connectivity index (χ3n) is 5.87. The fourth-order valence-corrected chi connectivity index (χ4v) is 4.76. The van der Waals surface area contributed by atoms with Crippen LogP contribution in [0, 0.1) is 0 Å². The van der Waals surface area contributed by atoms with Crippen LogP contribution in [0.25, 0.3) is 0 Å². The minimum absolute atomic E-state index is 0.00899. The number of nitrogens with two attached hydrogens (primary N) is 1. The Kier molecular flexibility index (Phi) is 7.96. The lowest BCUT2D eigenvalue weighted by molar-refractivity contribution is -0.124. The smallest absolute Gasteiger partial charge is 0.231 e. The summed E-state index contributed by atoms with van der Waals surface area (Å²) in [5.41, 5.74) is 9.62. The normalized spacial score (nSPS) is 16.1. The molecule has 2 aromatic rings. The van der Waals surface area contributed by atoms with Gasteiger partial charge in [0.15, 0.2) is 0 Å². The van der Waals surface area contributed by atoms with Crippen molar-refractivity contribution in [2.24, 2.45) is 5.73 Å². The average Bonchev–Trinajstić information content (AvgIpc) is 3.51. The lowest BCUT2D eigenvalue weighted by Gasteiger charge is -2.25. The zero-order chi connectivity index (χ0) is 22.6. The van der Waals surface area contributed by atoms with Gasteiger partial charge in [-0.3, -0.25) is 4.79 Å². The predicted octanol–water partition coefficient (Wildman–Crippen LogP) is 6.61. The number of amides is 1. The summed E-state index contributed by atoms with van der Waals surface area (Å²) in [4.78, 5) is 13.5. The molecule has 3 nitrogen and oxygen atoms in total. The first-order chi connectivity index (χ1) is 14.8. The van der Waals surface area contributed by atoms with Crippen LogP contribution in [0.5, 0.6) is 0 Å². The van der Waals surface area contributed by atoms with Crippen LogP contribution in [0.1, 0.15) is 56.2 Å². The van der Waals surface area contributed by atoms with E-state index < -0.39 is 5.41 Å². The molecule has 1 aliphatic rings. The SMILES string of the molecule is CC/C=C(\N)[C@H](Cc1ccc(Cl)cc1Cl)NC(=O)C1(c2ccc(Cl)cc2CCC)CC1. The quantitative estimate of drug-likeness (QED) is 0.425. The molecule has 31 heavy (non-hydrogen) atoms. The number of halogens is 3. The van der Waals surface area contributed by atoms with Gasteiger partial charge in [-0.2, -0.15) is 0 Å². The number of nitrogens with one attached hydrogen (secondary N) is 1. The van der Waals surface area contributed by atoms with Crippen LogP contribution in [0.2, 0.25) is 15.1 Å². The summed E-state index contributed by atoms with van der Waals surface area (Å²) in [5.74, 6) is 0.00899. The highest BCUT2D eigenvalue weighted by atomic mass is 35.5. The Labute approximate surface area is 199 Å². The van der Waals surface area contributed by atoms with E-state index in [9.17, 15) is 4.79 Å². The molecule has 2 aromatic carbocycles. The van der Waals surface area contributed by atoms with Crippen LogP contribution in [-0.2, 0) is 23.1 Å². The first-order valence-corrected chi connectivity index (χ1v) is 11.9. The highest BCUT2D eigenvalue weighted by molar-refractivity contribution is 6.35. The third kappa shape index (κ3) is 5.58. The van der Waals surface area contributed by atoms with E-state index in [0.717, 1.165) is 48.8 Å². The molecule has 1 aliphatic carbocycles. The molecule has 0 saturated heterocycles. The summed E-state index contributed by atoms with van der Waals surface area (Å²) >= 11 is 18.7. The molecule has 0 aliphatic heterocycles. The van der Waals surface area contributed by atoms with Gasteiger partial charge in [0.25, 0.3) is 0 Å². The number of aryl methyl sites for hydroxylation is 1. The number of rotatable bonds is 9. The van der Waals surface area contributed by atoms with Gasteiger partial charge in [-0.1, -0.05) is 73.3 Å². The van der Waals surface area contributed by atoms with Crippen molar-refractivity contribution in [1.29, 1.82) is 0 Å². The second kappa shape index (κ2) is 10.3. The van der Waals surface area contributed by atoms with E-state index in [0.29, 0.717) is 27.2 Å². The van der Waals surface area contributed by atoms with E-state index in [4.69, 9.17) is 40.5 Å². The van der Waals surface area contributed by atoms with Crippen LogP contribution in [0.3, 0.4) is 0 Å². The Balaban J connectivity index is 1.87. The van der Waals surface area contributed by atoms with Crippen molar-refractivity contribution in [3.8, 4) is 0 Å². The van der Waals surface area contributed by atoms with Crippen LogP contribution in [0.4, 0.5) is 0 Å². The summed E-state index contributed by atoms with van der Waals surface area (Å²) in [7, 11) is 0. The van der Waals surface area contributed by atoms with Crippen molar-refractivity contribution in [3.05, 3.63) is 79.9 Å². The molecule has 0 heterocycles. The zero-order valence-electron chi connectivity index (χ0n) is 18.0. The highest BCUT2D eigenvalue weighted by Gasteiger charge is 2.52. The van der Waals surface area contributed by atoms with E-state index in [1.807, 2.05) is 37.3 Å². The van der Waals surface area contributed by atoms with Gasteiger partial charge in [-0.15, -0.1) is 0 Å². The molecule has 0 radical (unpaired) electrons. The number of carbonyl (C=O) groups excluding carboxylic acids is 1. The summed E-state index contributed by atoms with van der Waals surface area (Å²) < 4.78 is 0. The maximum absolute atomic E-state index is 13.5. The summed E-state index contributed by atoms with van der Waals surface area (Å²) in [5, 5.41) is 5.07. The predicted molar refractivity (Wildman–Crippen MR) is 131 cm³/mol. The summed E-state index contributed by atoms with van der Waals surface area (Å²) in [6.45, 7) is 4.15. The molecule has 3 N–H and O–H groups in total. The minimum atomic E-state index is -0.510. The molecule has 6 heteroatoms. The van der Waals surface area contributed by atoms with Crippen molar-refractivity contribution in [3.63, 3.8) is 0 Å². The molecule has 0 spiro atoms. The van der Waals surface area contributed by atoms with Crippen molar-refractivity contribution < 1.29 is 4.79 Å². The van der Waals surface area contributed by atoms with Crippen molar-refractivity contribution in [2.45, 2.75) is 63.8 Å². The largest absolute Gasteiger partial charge is 0.401 e. The van der Waals surface area contributed by atoms with Crippen molar-refractivity contribution in [2.75, 3.05) is 0 Å². The van der Waals surface area contributed by atoms with E-state index in [1.165, 1.54) is 0 Å². The monoisotopic (exact) mass is 478 g/mol. The van der Waals surface area contributed by atoms with Crippen LogP contribution in [-0.4, -0.2) is 11.9 Å². The topological polar surface area (TPSA) is 55.1 Å². The molecule has 1 atom stereocenters. The lowest BCUT2D eigenvalue weighted by atomic mass is 9.88. The number of benzene rings is 2. The van der Waals surface area contributed by atoms with Gasteiger partial charge < -0.3 is 11.1 Å². The molecule has 1 saturated carbocycles. The van der Waals surface area contributed by atoms with Crippen LogP contribution in [0.15, 0.2) is 48.2 Å². The Bertz CT molecular complexity index is 983. The van der Waals surface area contributed by atoms with Crippen LogP contribution < -0.4 is 11.1 Å². The molecule has 0 bridgehead atoms. The Morgan fingerprint density at radius 2 is 1.77 bits per heavy atom. The fraction of sp³-hybridized carbons (Fsp3) is 0.400. The van der Waals surface area contributed by atoms with Gasteiger partial charge >= 0.3 is 0 Å². The zero-order valence-corrected chi connectivity index (χ0v) is 20.2. The number of carbonyl (C=O) groups is 1. The fourth-order valence-electron chi connectivity index (χ4n) is 4.08. The van der Waals surface area contributed by atoms with Crippen molar-refractivity contribution >= 4 is 40.7 Å². The first-order valence-electron chi connectivity index (χ1n) is 10.8. The van der Waals surface area contributed by atoms with Crippen molar-refractivity contribution in [1.82, 2.24) is 5.32 Å². The van der Waals surface area contributed by atoms with E-state index in [1.54, 1.807) is 12.1 Å². The lowest BCUT2D eigenvalue weighted by Crippen LogP contribution is -2.45. The molecular formula is C25H29Cl3N2O. The summed E-state index contributed by atoms with van der Waals surface area (Å²) in [6, 6.07) is 10.9. The Morgan fingerprint density at radius 1 is 1.10 bits per heavy atom. The number of hydrogen-bond donors (Lipinski definition) is 2. The molecule has 1 amide bonds. The Morgan fingerprint density at radius 3 is 2.39 bits per heavy atom. The minimum Gasteiger partial charge on any atom is -0.401 e. The second-order valence-corrected chi connectivity index (χ2v) is 9.49. The van der Waals surface area contributed by atoms with Gasteiger partial charge in [0.1, 0.15) is 0 Å². The third-order valence-corrected chi connectivity index (χ3v) is 6.70. The molecular weight excluding hydrogens is 451 g/mol. The molecule has 0 unspecified atom stereocenters. The maximum Gasteiger partial charge on any atom is 0.231 e. The first kappa shape index (κ1) is 24.0. The van der Waals surface area contributed by atoms with Gasteiger partial charge in [0, 0.05) is 20.8 Å². The Hall–Kier alpha value is -1.68. The molecule has 1 fully saturated rings. The van der Waals surface area contributed by atoms with Crippen LogP contribution >= 0.6 is 34.8 Å². The molecule has 0 aromatic heterocycles. The van der Waals surface area contributed by atoms with E-state index in [2.05, 4.69) is 12.2 Å². The highest BCUT2D eigenvalue weighted by Crippen LogP contribution is 2.50. The van der Waals surface area contributed by atoms with Gasteiger partial charge in [0.2, 0.25) is 5.91 Å². The van der Waals surface area contributed by atoms with Gasteiger partial charge in [-0.05, 0) is 73.1 Å². The van der Waals surface area contributed by atoms with E-state index >= 15 is 0 Å². The second-order valence-electron chi connectivity index (χ2n) is 8.21.